The van der Waals surface area contributed by atoms with Gasteiger partial charge in [-0.1, -0.05) is 35.9 Å². The molecule has 108 valence electrons. The molecule has 1 heterocycles. The third-order valence-corrected chi connectivity index (χ3v) is 3.73. The number of para-hydroxylation sites is 2. The number of aromatic nitrogens is 2. The van der Waals surface area contributed by atoms with E-state index in [1.807, 2.05) is 19.1 Å². The number of hydrogen-bond acceptors (Lipinski definition) is 1. The van der Waals surface area contributed by atoms with Crippen LogP contribution in [0.15, 0.2) is 54.9 Å². The van der Waals surface area contributed by atoms with Crippen LogP contribution in [0, 0.1) is 0 Å². The van der Waals surface area contributed by atoms with Crippen molar-refractivity contribution in [2.45, 2.75) is 20.2 Å². The lowest BCUT2D eigenvalue weighted by Crippen LogP contribution is -2.32. The summed E-state index contributed by atoms with van der Waals surface area (Å²) in [4.78, 5) is 0. The van der Waals surface area contributed by atoms with Crippen LogP contribution in [-0.2, 0) is 18.0 Å². The minimum absolute atomic E-state index is 0.574. The van der Waals surface area contributed by atoms with Gasteiger partial charge in [-0.15, -0.1) is 0 Å². The quantitative estimate of drug-likeness (QED) is 0.658. The molecule has 0 saturated heterocycles. The van der Waals surface area contributed by atoms with Gasteiger partial charge in [0.05, 0.1) is 0 Å². The summed E-state index contributed by atoms with van der Waals surface area (Å²) < 4.78 is 9.91. The normalized spacial score (nSPS) is 11.1. The lowest BCUT2D eigenvalue weighted by Gasteiger charge is -1.99. The predicted molar refractivity (Wildman–Crippen MR) is 84.3 cm³/mol. The van der Waals surface area contributed by atoms with E-state index in [-0.39, 0.29) is 0 Å². The van der Waals surface area contributed by atoms with E-state index in [9.17, 15) is 0 Å². The van der Waals surface area contributed by atoms with Crippen molar-refractivity contribution in [3.63, 3.8) is 0 Å². The fraction of sp³-hybridized carbons (Fsp3) is 0.235. The highest BCUT2D eigenvalue weighted by molar-refractivity contribution is 6.30. The highest BCUT2D eigenvalue weighted by Crippen LogP contribution is 2.13. The molecule has 0 fully saturated rings. The highest BCUT2D eigenvalue weighted by atomic mass is 35.5. The Morgan fingerprint density at radius 1 is 1.10 bits per heavy atom. The summed E-state index contributed by atoms with van der Waals surface area (Å²) in [5.74, 6) is 0. The first kappa shape index (κ1) is 14.1. The maximum Gasteiger partial charge on any atom is 0.246 e. The number of halogens is 1. The Morgan fingerprint density at radius 2 is 1.86 bits per heavy atom. The average molecular weight is 302 g/mol. The fourth-order valence-corrected chi connectivity index (χ4v) is 2.57. The summed E-state index contributed by atoms with van der Waals surface area (Å²) in [5.41, 5.74) is 3.61. The van der Waals surface area contributed by atoms with Gasteiger partial charge in [0.1, 0.15) is 6.54 Å². The Hall–Kier alpha value is -1.84. The van der Waals surface area contributed by atoms with Gasteiger partial charge in [-0.05, 0) is 36.8 Å². The molecule has 2 aromatic carbocycles. The van der Waals surface area contributed by atoms with E-state index in [1.54, 1.807) is 0 Å². The van der Waals surface area contributed by atoms with Crippen LogP contribution in [0.5, 0.6) is 0 Å². The van der Waals surface area contributed by atoms with Gasteiger partial charge >= 0.3 is 0 Å². The first-order chi connectivity index (χ1) is 10.3. The maximum absolute atomic E-state index is 5.94. The van der Waals surface area contributed by atoms with Crippen molar-refractivity contribution in [2.75, 3.05) is 6.61 Å². The summed E-state index contributed by atoms with van der Waals surface area (Å²) in [6.07, 6.45) is 2.11. The second-order valence-corrected chi connectivity index (χ2v) is 5.39. The largest absolute Gasteiger partial charge is 0.342 e. The smallest absolute Gasteiger partial charge is 0.246 e. The van der Waals surface area contributed by atoms with Crippen molar-refractivity contribution < 1.29 is 9.30 Å². The summed E-state index contributed by atoms with van der Waals surface area (Å²) in [6, 6.07) is 16.3. The molecule has 3 nitrogen and oxygen atoms in total. The number of benzene rings is 2. The van der Waals surface area contributed by atoms with Crippen LogP contribution >= 0.6 is 11.6 Å². The maximum atomic E-state index is 5.94. The molecule has 3 aromatic rings. The number of nitrogens with zero attached hydrogens (tertiary/aromatic N) is 2. The zero-order valence-corrected chi connectivity index (χ0v) is 12.8. The van der Waals surface area contributed by atoms with Crippen LogP contribution < -0.4 is 4.57 Å². The summed E-state index contributed by atoms with van der Waals surface area (Å²) in [7, 11) is 0. The van der Waals surface area contributed by atoms with Crippen molar-refractivity contribution in [3.8, 4) is 0 Å². The molecule has 0 spiro atoms. The highest BCUT2D eigenvalue weighted by Gasteiger charge is 2.15. The molecule has 0 N–H and O–H groups in total. The topological polar surface area (TPSA) is 18.0 Å². The lowest BCUT2D eigenvalue weighted by atomic mass is 10.2. The van der Waals surface area contributed by atoms with Gasteiger partial charge in [-0.2, -0.15) is 0 Å². The zero-order chi connectivity index (χ0) is 14.7. The Morgan fingerprint density at radius 3 is 2.62 bits per heavy atom. The molecule has 3 rings (SSSR count). The standard InChI is InChI=1S/C17H18ClN2O/c1-2-21-13-20-12-19(16-5-3-4-6-17(16)20)11-14-7-9-15(18)10-8-14/h3-10,12H,2,11,13H2,1H3/q+1. The average Bonchev–Trinajstić information content (AvgIpc) is 2.86. The second-order valence-electron chi connectivity index (χ2n) is 4.95. The van der Waals surface area contributed by atoms with Crippen LogP contribution in [-0.4, -0.2) is 11.2 Å². The van der Waals surface area contributed by atoms with Gasteiger partial charge in [0.15, 0.2) is 17.8 Å². The molecule has 0 aliphatic heterocycles. The van der Waals surface area contributed by atoms with E-state index in [1.165, 1.54) is 16.6 Å². The molecule has 0 unspecified atom stereocenters. The Labute approximate surface area is 129 Å². The first-order valence-corrected chi connectivity index (χ1v) is 7.45. The van der Waals surface area contributed by atoms with Crippen molar-refractivity contribution in [1.82, 2.24) is 4.57 Å². The number of imidazole rings is 1. The molecular formula is C17H18ClN2O+. The minimum Gasteiger partial charge on any atom is -0.342 e. The molecule has 0 radical (unpaired) electrons. The minimum atomic E-state index is 0.574. The van der Waals surface area contributed by atoms with Gasteiger partial charge in [0, 0.05) is 11.6 Å². The summed E-state index contributed by atoms with van der Waals surface area (Å²) >= 11 is 5.94. The Kier molecular flexibility index (Phi) is 4.23. The van der Waals surface area contributed by atoms with Gasteiger partial charge in [0.2, 0.25) is 6.33 Å². The third-order valence-electron chi connectivity index (χ3n) is 3.48. The molecule has 0 amide bonds. The van der Waals surface area contributed by atoms with E-state index in [2.05, 4.69) is 51.9 Å². The number of fused-ring (bicyclic) bond motifs is 1. The monoisotopic (exact) mass is 301 g/mol. The molecule has 0 atom stereocenters. The third kappa shape index (κ3) is 3.09. The molecule has 4 heteroatoms. The summed E-state index contributed by atoms with van der Waals surface area (Å²) in [5, 5.41) is 0.766. The van der Waals surface area contributed by atoms with Crippen molar-refractivity contribution in [1.29, 1.82) is 0 Å². The molecule has 0 aliphatic rings. The first-order valence-electron chi connectivity index (χ1n) is 7.07. The molecule has 0 bridgehead atoms. The Bertz CT molecular complexity index is 734. The lowest BCUT2D eigenvalue weighted by molar-refractivity contribution is -0.663. The summed E-state index contributed by atoms with van der Waals surface area (Å²) in [6.45, 7) is 4.11. The zero-order valence-electron chi connectivity index (χ0n) is 12.0. The number of hydrogen-bond donors (Lipinski definition) is 0. The number of ether oxygens (including phenoxy) is 1. The van der Waals surface area contributed by atoms with Crippen molar-refractivity contribution in [3.05, 3.63) is 65.4 Å². The molecular weight excluding hydrogens is 284 g/mol. The van der Waals surface area contributed by atoms with Crippen LogP contribution in [0.2, 0.25) is 5.02 Å². The Balaban J connectivity index is 1.96. The second kappa shape index (κ2) is 6.29. The number of rotatable bonds is 5. The van der Waals surface area contributed by atoms with Crippen LogP contribution in [0.1, 0.15) is 12.5 Å². The molecule has 1 aromatic heterocycles. The molecule has 0 saturated carbocycles. The van der Waals surface area contributed by atoms with Crippen LogP contribution in [0.25, 0.3) is 11.0 Å². The molecule has 0 aliphatic carbocycles. The van der Waals surface area contributed by atoms with Gasteiger partial charge in [-0.3, -0.25) is 0 Å². The van der Waals surface area contributed by atoms with E-state index in [4.69, 9.17) is 16.3 Å². The van der Waals surface area contributed by atoms with Crippen LogP contribution in [0.3, 0.4) is 0 Å². The van der Waals surface area contributed by atoms with E-state index in [0.717, 1.165) is 11.6 Å². The van der Waals surface area contributed by atoms with Crippen molar-refractivity contribution in [2.24, 2.45) is 0 Å². The molecule has 21 heavy (non-hydrogen) atoms. The van der Waals surface area contributed by atoms with Gasteiger partial charge in [-0.25, -0.2) is 9.13 Å². The van der Waals surface area contributed by atoms with E-state index in [0.29, 0.717) is 13.3 Å². The van der Waals surface area contributed by atoms with Crippen molar-refractivity contribution >= 4 is 22.6 Å². The SMILES string of the molecule is CCOCn1c[n+](Cc2ccc(Cl)cc2)c2ccccc21. The predicted octanol–water partition coefficient (Wildman–Crippen LogP) is 3.62. The van der Waals surface area contributed by atoms with Crippen LogP contribution in [0.4, 0.5) is 0 Å². The van der Waals surface area contributed by atoms with E-state index < -0.39 is 0 Å². The van der Waals surface area contributed by atoms with Gasteiger partial charge < -0.3 is 4.74 Å². The fourth-order valence-electron chi connectivity index (χ4n) is 2.45. The van der Waals surface area contributed by atoms with E-state index >= 15 is 0 Å². The van der Waals surface area contributed by atoms with Gasteiger partial charge in [0.25, 0.3) is 0 Å².